The largest absolute Gasteiger partial charge is 0.462 e. The van der Waals surface area contributed by atoms with E-state index in [9.17, 15) is 9.59 Å². The first kappa shape index (κ1) is 18.0. The van der Waals surface area contributed by atoms with E-state index in [0.29, 0.717) is 5.92 Å². The van der Waals surface area contributed by atoms with Gasteiger partial charge in [-0.2, -0.15) is 0 Å². The molecule has 3 atom stereocenters. The van der Waals surface area contributed by atoms with Crippen LogP contribution in [-0.4, -0.2) is 23.6 Å². The summed E-state index contributed by atoms with van der Waals surface area (Å²) in [5.74, 6) is -0.302. The Bertz CT molecular complexity index is 526. The molecule has 2 rings (SSSR count). The highest BCUT2D eigenvalue weighted by atomic mass is 16.6. The van der Waals surface area contributed by atoms with Crippen molar-refractivity contribution in [2.45, 2.75) is 78.9 Å². The molecule has 0 radical (unpaired) electrons. The zero-order chi connectivity index (χ0) is 17.6. The average molecular weight is 322 g/mol. The van der Waals surface area contributed by atoms with Crippen LogP contribution in [0.15, 0.2) is 12.2 Å². The lowest BCUT2D eigenvalue weighted by Gasteiger charge is -2.38. The van der Waals surface area contributed by atoms with Gasteiger partial charge in [-0.05, 0) is 51.4 Å². The molecule has 2 fully saturated rings. The molecule has 2 aliphatic rings. The monoisotopic (exact) mass is 322 g/mol. The second-order valence-electron chi connectivity index (χ2n) is 8.87. The van der Waals surface area contributed by atoms with Gasteiger partial charge in [0.05, 0.1) is 6.42 Å². The van der Waals surface area contributed by atoms with Crippen molar-refractivity contribution in [1.82, 2.24) is 0 Å². The molecule has 23 heavy (non-hydrogen) atoms. The fraction of sp³-hybridized carbons (Fsp3) is 0.789. The maximum Gasteiger partial charge on any atom is 0.334 e. The Morgan fingerprint density at radius 2 is 1.83 bits per heavy atom. The first-order valence-corrected chi connectivity index (χ1v) is 8.47. The fourth-order valence-corrected chi connectivity index (χ4v) is 4.11. The molecule has 0 heterocycles. The van der Waals surface area contributed by atoms with Gasteiger partial charge in [0.25, 0.3) is 0 Å². The van der Waals surface area contributed by atoms with Gasteiger partial charge in [0.2, 0.25) is 0 Å². The number of carbonyl (C=O) groups is 2. The molecule has 0 aromatic rings. The van der Waals surface area contributed by atoms with Gasteiger partial charge in [-0.1, -0.05) is 27.4 Å². The molecule has 2 aliphatic carbocycles. The summed E-state index contributed by atoms with van der Waals surface area (Å²) < 4.78 is 11.0. The van der Waals surface area contributed by atoms with Gasteiger partial charge in [-0.3, -0.25) is 4.79 Å². The smallest absolute Gasteiger partial charge is 0.334 e. The molecule has 0 saturated heterocycles. The zero-order valence-corrected chi connectivity index (χ0v) is 15.3. The van der Waals surface area contributed by atoms with E-state index in [0.717, 1.165) is 12.8 Å². The summed E-state index contributed by atoms with van der Waals surface area (Å²) in [7, 11) is 0. The molecule has 0 aromatic heterocycles. The Morgan fingerprint density at radius 1 is 1.22 bits per heavy atom. The summed E-state index contributed by atoms with van der Waals surface area (Å²) in [6, 6.07) is 0. The summed E-state index contributed by atoms with van der Waals surface area (Å²) in [5, 5.41) is 0. The summed E-state index contributed by atoms with van der Waals surface area (Å²) in [4.78, 5) is 24.1. The van der Waals surface area contributed by atoms with Crippen molar-refractivity contribution < 1.29 is 19.1 Å². The van der Waals surface area contributed by atoms with Crippen LogP contribution in [0.4, 0.5) is 0 Å². The van der Waals surface area contributed by atoms with Gasteiger partial charge in [0.15, 0.2) is 0 Å². The highest BCUT2D eigenvalue weighted by molar-refractivity contribution is 5.93. The minimum Gasteiger partial charge on any atom is -0.462 e. The Labute approximate surface area is 139 Å². The van der Waals surface area contributed by atoms with Gasteiger partial charge in [-0.15, -0.1) is 0 Å². The number of hydrogen-bond acceptors (Lipinski definition) is 4. The summed E-state index contributed by atoms with van der Waals surface area (Å²) in [6.07, 6.45) is 3.06. The minimum absolute atomic E-state index is 0.0284. The zero-order valence-electron chi connectivity index (χ0n) is 15.3. The van der Waals surface area contributed by atoms with Gasteiger partial charge >= 0.3 is 11.9 Å². The summed E-state index contributed by atoms with van der Waals surface area (Å²) >= 11 is 0. The molecule has 2 bridgehead atoms. The van der Waals surface area contributed by atoms with E-state index >= 15 is 0 Å². The van der Waals surface area contributed by atoms with Crippen molar-refractivity contribution in [2.75, 3.05) is 0 Å². The molecule has 4 heteroatoms. The summed E-state index contributed by atoms with van der Waals surface area (Å²) in [6.45, 7) is 15.8. The van der Waals surface area contributed by atoms with Crippen LogP contribution in [0.25, 0.3) is 0 Å². The average Bonchev–Trinajstić information content (AvgIpc) is 2.69. The third-order valence-corrected chi connectivity index (χ3v) is 6.03. The van der Waals surface area contributed by atoms with Gasteiger partial charge in [-0.25, -0.2) is 4.79 Å². The van der Waals surface area contributed by atoms with Crippen molar-refractivity contribution in [2.24, 2.45) is 16.7 Å². The number of ether oxygens (including phenoxy) is 2. The Hall–Kier alpha value is -1.32. The van der Waals surface area contributed by atoms with E-state index < -0.39 is 11.6 Å². The Morgan fingerprint density at radius 3 is 2.26 bits per heavy atom. The highest BCUT2D eigenvalue weighted by Gasteiger charge is 2.62. The molecule has 2 saturated carbocycles. The van der Waals surface area contributed by atoms with Crippen molar-refractivity contribution in [3.8, 4) is 0 Å². The first-order valence-electron chi connectivity index (χ1n) is 8.47. The lowest BCUT2D eigenvalue weighted by molar-refractivity contribution is -0.159. The van der Waals surface area contributed by atoms with Crippen LogP contribution < -0.4 is 0 Å². The fourth-order valence-electron chi connectivity index (χ4n) is 4.11. The number of fused-ring (bicyclic) bond motifs is 2. The minimum atomic E-state index is -0.591. The van der Waals surface area contributed by atoms with Crippen LogP contribution in [0.3, 0.4) is 0 Å². The summed E-state index contributed by atoms with van der Waals surface area (Å²) in [5.41, 5.74) is -0.218. The van der Waals surface area contributed by atoms with Crippen molar-refractivity contribution >= 4 is 11.9 Å². The van der Waals surface area contributed by atoms with Gasteiger partial charge in [0.1, 0.15) is 11.7 Å². The van der Waals surface area contributed by atoms with E-state index in [2.05, 4.69) is 27.4 Å². The molecule has 0 unspecified atom stereocenters. The normalized spacial score (nSPS) is 31.7. The van der Waals surface area contributed by atoms with Crippen LogP contribution in [0, 0.1) is 16.7 Å². The van der Waals surface area contributed by atoms with Crippen LogP contribution in [0.1, 0.15) is 67.2 Å². The standard InChI is InChI=1S/C19H30O4/c1-12(16(21)23-17(2,3)4)10-15(20)22-14-11-13-8-9-19(14,7)18(13,5)6/h13-14H,1,8-11H2,2-7H3/t13-,14-,19+/m0/s1. The first-order chi connectivity index (χ1) is 10.4. The van der Waals surface area contributed by atoms with E-state index in [1.54, 1.807) is 20.8 Å². The second kappa shape index (κ2) is 5.64. The number of carbonyl (C=O) groups excluding carboxylic acids is 2. The lowest BCUT2D eigenvalue weighted by Crippen LogP contribution is -2.38. The Kier molecular flexibility index (Phi) is 4.42. The van der Waals surface area contributed by atoms with Crippen LogP contribution in [0.2, 0.25) is 0 Å². The van der Waals surface area contributed by atoms with Crippen molar-refractivity contribution in [1.29, 1.82) is 0 Å². The van der Waals surface area contributed by atoms with Crippen LogP contribution >= 0.6 is 0 Å². The van der Waals surface area contributed by atoms with E-state index in [1.165, 1.54) is 6.42 Å². The van der Waals surface area contributed by atoms with Crippen molar-refractivity contribution in [3.05, 3.63) is 12.2 Å². The highest BCUT2D eigenvalue weighted by Crippen LogP contribution is 2.66. The van der Waals surface area contributed by atoms with Gasteiger partial charge in [0, 0.05) is 11.0 Å². The quantitative estimate of drug-likeness (QED) is 0.579. The SMILES string of the molecule is C=C(CC(=O)O[C@H]1C[C@@H]2CC[C@@]1(C)C2(C)C)C(=O)OC(C)(C)C. The Balaban J connectivity index is 1.92. The molecule has 0 N–H and O–H groups in total. The third-order valence-electron chi connectivity index (χ3n) is 6.03. The number of rotatable bonds is 4. The van der Waals surface area contributed by atoms with E-state index in [4.69, 9.17) is 9.47 Å². The molecule has 0 aliphatic heterocycles. The molecule has 0 amide bonds. The number of hydrogen-bond donors (Lipinski definition) is 0. The predicted octanol–water partition coefficient (Wildman–Crippen LogP) is 4.03. The molecule has 4 nitrogen and oxygen atoms in total. The lowest BCUT2D eigenvalue weighted by atomic mass is 9.70. The molecule has 0 spiro atoms. The van der Waals surface area contributed by atoms with E-state index in [1.807, 2.05) is 0 Å². The second-order valence-corrected chi connectivity index (χ2v) is 8.87. The van der Waals surface area contributed by atoms with Crippen molar-refractivity contribution in [3.63, 3.8) is 0 Å². The molecular weight excluding hydrogens is 292 g/mol. The van der Waals surface area contributed by atoms with Crippen LogP contribution in [-0.2, 0) is 19.1 Å². The van der Waals surface area contributed by atoms with Gasteiger partial charge < -0.3 is 9.47 Å². The number of esters is 2. The van der Waals surface area contributed by atoms with E-state index in [-0.39, 0.29) is 34.9 Å². The van der Waals surface area contributed by atoms with Crippen LogP contribution in [0.5, 0.6) is 0 Å². The molecular formula is C19H30O4. The molecule has 130 valence electrons. The predicted molar refractivity (Wildman–Crippen MR) is 88.7 cm³/mol. The molecule has 0 aromatic carbocycles. The topological polar surface area (TPSA) is 52.6 Å². The maximum atomic E-state index is 12.2. The maximum absolute atomic E-state index is 12.2. The third kappa shape index (κ3) is 3.31.